The van der Waals surface area contributed by atoms with Gasteiger partial charge in [-0.3, -0.25) is 9.59 Å². The zero-order chi connectivity index (χ0) is 17.6. The van der Waals surface area contributed by atoms with Crippen LogP contribution in [-0.2, 0) is 14.3 Å². The Balaban J connectivity index is 1.52. The molecule has 2 fully saturated rings. The number of urea groups is 1. The maximum atomic E-state index is 12.6. The van der Waals surface area contributed by atoms with Crippen molar-refractivity contribution < 1.29 is 29.0 Å². The van der Waals surface area contributed by atoms with Crippen LogP contribution in [0.3, 0.4) is 0 Å². The van der Waals surface area contributed by atoms with E-state index in [4.69, 9.17) is 9.47 Å². The largest absolute Gasteiger partial charge is 0.481 e. The summed E-state index contributed by atoms with van der Waals surface area (Å²) in [7, 11) is 0. The summed E-state index contributed by atoms with van der Waals surface area (Å²) < 4.78 is 10.7. The number of nitrogens with zero attached hydrogens (tertiary/aromatic N) is 1. The van der Waals surface area contributed by atoms with Crippen molar-refractivity contribution in [2.24, 2.45) is 11.3 Å². The molecule has 0 radical (unpaired) electrons. The molecule has 0 bridgehead atoms. The summed E-state index contributed by atoms with van der Waals surface area (Å²) in [6.07, 6.45) is 0. The van der Waals surface area contributed by atoms with Crippen molar-refractivity contribution in [1.29, 1.82) is 0 Å². The summed E-state index contributed by atoms with van der Waals surface area (Å²) in [4.78, 5) is 37.1. The van der Waals surface area contributed by atoms with Gasteiger partial charge in [0.2, 0.25) is 0 Å². The third-order valence-corrected chi connectivity index (χ3v) is 4.97. The van der Waals surface area contributed by atoms with Gasteiger partial charge in [0, 0.05) is 19.0 Å². The van der Waals surface area contributed by atoms with E-state index in [2.05, 4.69) is 10.6 Å². The van der Waals surface area contributed by atoms with Gasteiger partial charge in [0.1, 0.15) is 5.41 Å². The van der Waals surface area contributed by atoms with Crippen LogP contribution in [-0.4, -0.2) is 60.8 Å². The van der Waals surface area contributed by atoms with Gasteiger partial charge in [-0.1, -0.05) is 6.07 Å². The summed E-state index contributed by atoms with van der Waals surface area (Å²) in [5, 5.41) is 15.0. The van der Waals surface area contributed by atoms with Gasteiger partial charge in [0.05, 0.1) is 24.6 Å². The van der Waals surface area contributed by atoms with Gasteiger partial charge < -0.3 is 30.1 Å². The summed E-state index contributed by atoms with van der Waals surface area (Å²) >= 11 is 0. The molecule has 1 aromatic rings. The molecular formula is C16H17N3O6. The predicted molar refractivity (Wildman–Crippen MR) is 85.5 cm³/mol. The van der Waals surface area contributed by atoms with Gasteiger partial charge in [-0.15, -0.1) is 0 Å². The first-order chi connectivity index (χ1) is 12.0. The van der Waals surface area contributed by atoms with Gasteiger partial charge in [0.15, 0.2) is 12.4 Å². The van der Waals surface area contributed by atoms with E-state index in [-0.39, 0.29) is 31.6 Å². The minimum atomic E-state index is -1.03. The van der Waals surface area contributed by atoms with Gasteiger partial charge in [-0.05, 0) is 12.1 Å². The van der Waals surface area contributed by atoms with Crippen molar-refractivity contribution in [3.8, 4) is 5.75 Å². The molecule has 3 heterocycles. The number of hydrogen-bond acceptors (Lipinski definition) is 5. The lowest BCUT2D eigenvalue weighted by Crippen LogP contribution is -2.41. The fourth-order valence-electron chi connectivity index (χ4n) is 3.60. The molecule has 1 aromatic carbocycles. The topological polar surface area (TPSA) is 117 Å². The highest BCUT2D eigenvalue weighted by atomic mass is 16.5. The number of carbonyl (C=O) groups excluding carboxylic acids is 2. The quantitative estimate of drug-likeness (QED) is 0.720. The van der Waals surface area contributed by atoms with Crippen LogP contribution in [0.5, 0.6) is 5.75 Å². The van der Waals surface area contributed by atoms with Gasteiger partial charge in [-0.2, -0.15) is 0 Å². The van der Waals surface area contributed by atoms with Crippen molar-refractivity contribution in [2.45, 2.75) is 0 Å². The van der Waals surface area contributed by atoms with Crippen LogP contribution in [0.4, 0.5) is 16.2 Å². The molecule has 2 saturated heterocycles. The Hall–Kier alpha value is -2.81. The molecule has 3 aliphatic rings. The number of anilines is 2. The van der Waals surface area contributed by atoms with E-state index in [0.29, 0.717) is 30.3 Å². The molecule has 25 heavy (non-hydrogen) atoms. The monoisotopic (exact) mass is 347 g/mol. The summed E-state index contributed by atoms with van der Waals surface area (Å²) in [5.74, 6) is -1.01. The first-order valence-corrected chi connectivity index (χ1v) is 7.92. The van der Waals surface area contributed by atoms with Crippen molar-refractivity contribution in [3.05, 3.63) is 18.2 Å². The highest BCUT2D eigenvalue weighted by molar-refractivity contribution is 5.99. The fourth-order valence-corrected chi connectivity index (χ4v) is 3.60. The molecular weight excluding hydrogens is 330 g/mol. The molecule has 3 aliphatic heterocycles. The van der Waals surface area contributed by atoms with Crippen molar-refractivity contribution in [2.75, 3.05) is 43.5 Å². The summed E-state index contributed by atoms with van der Waals surface area (Å²) in [5.41, 5.74) is -0.110. The number of fused-ring (bicyclic) bond motifs is 2. The minimum absolute atomic E-state index is 0.103. The molecule has 2 atom stereocenters. The number of amides is 3. The van der Waals surface area contributed by atoms with E-state index in [1.165, 1.54) is 4.90 Å². The molecule has 9 nitrogen and oxygen atoms in total. The Morgan fingerprint density at radius 2 is 2.24 bits per heavy atom. The molecule has 0 aromatic heterocycles. The third-order valence-electron chi connectivity index (χ3n) is 4.97. The van der Waals surface area contributed by atoms with Crippen LogP contribution in [0, 0.1) is 11.3 Å². The summed E-state index contributed by atoms with van der Waals surface area (Å²) in [6.45, 7) is 0.764. The number of carboxylic acid groups (broad SMARTS) is 1. The number of carbonyl (C=O) groups is 3. The van der Waals surface area contributed by atoms with E-state index in [1.807, 2.05) is 0 Å². The zero-order valence-corrected chi connectivity index (χ0v) is 13.3. The van der Waals surface area contributed by atoms with Gasteiger partial charge >= 0.3 is 12.0 Å². The highest BCUT2D eigenvalue weighted by Gasteiger charge is 2.57. The van der Waals surface area contributed by atoms with Crippen LogP contribution in [0.2, 0.25) is 0 Å². The Labute approximate surface area is 142 Å². The Morgan fingerprint density at radius 1 is 1.40 bits per heavy atom. The molecule has 0 unspecified atom stereocenters. The lowest BCUT2D eigenvalue weighted by molar-refractivity contribution is -0.149. The molecule has 3 N–H and O–H groups in total. The van der Waals surface area contributed by atoms with Crippen LogP contribution >= 0.6 is 0 Å². The molecule has 0 spiro atoms. The van der Waals surface area contributed by atoms with Crippen LogP contribution in [0.1, 0.15) is 0 Å². The number of rotatable bonds is 2. The van der Waals surface area contributed by atoms with E-state index < -0.39 is 17.4 Å². The first kappa shape index (κ1) is 15.7. The number of aliphatic carboxylic acids is 1. The van der Waals surface area contributed by atoms with E-state index in [1.54, 1.807) is 18.2 Å². The van der Waals surface area contributed by atoms with Crippen LogP contribution < -0.4 is 15.4 Å². The molecule has 0 saturated carbocycles. The number of likely N-dealkylation sites (tertiary alicyclic amines) is 1. The minimum Gasteiger partial charge on any atom is -0.481 e. The number of carboxylic acids is 1. The highest BCUT2D eigenvalue weighted by Crippen LogP contribution is 2.42. The second-order valence-corrected chi connectivity index (χ2v) is 6.50. The molecule has 132 valence electrons. The molecule has 9 heteroatoms. The predicted octanol–water partition coefficient (Wildman–Crippen LogP) is 0.582. The van der Waals surface area contributed by atoms with Crippen molar-refractivity contribution >= 4 is 29.3 Å². The fraction of sp³-hybridized carbons (Fsp3) is 0.438. The van der Waals surface area contributed by atoms with Gasteiger partial charge in [0.25, 0.3) is 5.91 Å². The van der Waals surface area contributed by atoms with Crippen LogP contribution in [0.25, 0.3) is 0 Å². The maximum Gasteiger partial charge on any atom is 0.321 e. The SMILES string of the molecule is O=C1COc2c(cccc2NC(=O)N2C[C@@H]3COC[C@]3(C(=O)O)C2)N1. The average Bonchev–Trinajstić information content (AvgIpc) is 3.13. The maximum absolute atomic E-state index is 12.6. The third kappa shape index (κ3) is 2.47. The standard InChI is InChI=1S/C16H17N3O6/c20-12-6-25-13-10(17-12)2-1-3-11(13)18-15(23)19-4-9-5-24-8-16(9,7-19)14(21)22/h1-3,9H,4-8H2,(H,17,20)(H,18,23)(H,21,22)/t9-,16-/m1/s1. The number of nitrogens with one attached hydrogen (secondary N) is 2. The zero-order valence-electron chi connectivity index (χ0n) is 13.3. The number of para-hydroxylation sites is 1. The average molecular weight is 347 g/mol. The number of benzene rings is 1. The van der Waals surface area contributed by atoms with E-state index in [9.17, 15) is 19.5 Å². The number of hydrogen-bond donors (Lipinski definition) is 3. The Kier molecular flexibility index (Phi) is 3.53. The smallest absolute Gasteiger partial charge is 0.321 e. The lowest BCUT2D eigenvalue weighted by atomic mass is 9.81. The van der Waals surface area contributed by atoms with Crippen LogP contribution in [0.15, 0.2) is 18.2 Å². The second kappa shape index (κ2) is 5.62. The van der Waals surface area contributed by atoms with Crippen molar-refractivity contribution in [1.82, 2.24) is 4.90 Å². The van der Waals surface area contributed by atoms with E-state index >= 15 is 0 Å². The Bertz CT molecular complexity index is 766. The first-order valence-electron chi connectivity index (χ1n) is 7.92. The molecule has 3 amide bonds. The summed E-state index contributed by atoms with van der Waals surface area (Å²) in [6, 6.07) is 4.64. The number of ether oxygens (including phenoxy) is 2. The lowest BCUT2D eigenvalue weighted by Gasteiger charge is -2.24. The van der Waals surface area contributed by atoms with Gasteiger partial charge in [-0.25, -0.2) is 4.79 Å². The Morgan fingerprint density at radius 3 is 3.00 bits per heavy atom. The molecule has 0 aliphatic carbocycles. The van der Waals surface area contributed by atoms with E-state index in [0.717, 1.165) is 0 Å². The molecule has 4 rings (SSSR count). The second-order valence-electron chi connectivity index (χ2n) is 6.50. The normalized spacial score (nSPS) is 27.1. The van der Waals surface area contributed by atoms with Crippen molar-refractivity contribution in [3.63, 3.8) is 0 Å².